The number of nitrogens with zero attached hydrogens (tertiary/aromatic N) is 2. The Morgan fingerprint density at radius 2 is 2.04 bits per heavy atom. The summed E-state index contributed by atoms with van der Waals surface area (Å²) in [6.45, 7) is -2.85. The van der Waals surface area contributed by atoms with Crippen LogP contribution in [0.3, 0.4) is 0 Å². The van der Waals surface area contributed by atoms with Gasteiger partial charge >= 0.3 is 12.6 Å². The van der Waals surface area contributed by atoms with Crippen molar-refractivity contribution < 1.29 is 23.4 Å². The van der Waals surface area contributed by atoms with Crippen LogP contribution < -0.4 is 4.74 Å². The average Bonchev–Trinajstić information content (AvgIpc) is 3.11. The van der Waals surface area contributed by atoms with Gasteiger partial charge in [0.2, 0.25) is 0 Å². The van der Waals surface area contributed by atoms with E-state index in [1.807, 2.05) is 6.20 Å². The summed E-state index contributed by atoms with van der Waals surface area (Å²) >= 11 is 0. The second-order valence-corrected chi connectivity index (χ2v) is 5.68. The molecule has 5 nitrogen and oxygen atoms in total. The molecule has 1 heterocycles. The Bertz CT molecular complexity index is 982. The summed E-state index contributed by atoms with van der Waals surface area (Å²) in [6.07, 6.45) is 2.38. The van der Waals surface area contributed by atoms with E-state index in [2.05, 4.69) is 9.84 Å². The highest BCUT2D eigenvalue weighted by atomic mass is 19.3. The van der Waals surface area contributed by atoms with Crippen LogP contribution in [0.15, 0.2) is 48.7 Å². The number of rotatable bonds is 4. The zero-order chi connectivity index (χ0) is 17.6. The first-order valence-corrected chi connectivity index (χ1v) is 7.51. The first kappa shape index (κ1) is 15.3. The van der Waals surface area contributed by atoms with Crippen molar-refractivity contribution in [3.63, 3.8) is 0 Å². The van der Waals surface area contributed by atoms with Gasteiger partial charge < -0.3 is 9.84 Å². The molecule has 0 radical (unpaired) electrons. The number of fused-ring (bicyclic) bond motifs is 3. The van der Waals surface area contributed by atoms with Gasteiger partial charge in [0.05, 0.1) is 16.9 Å². The van der Waals surface area contributed by atoms with Crippen LogP contribution in [-0.4, -0.2) is 27.5 Å². The molecule has 4 rings (SSSR count). The third-order valence-electron chi connectivity index (χ3n) is 4.09. The first-order chi connectivity index (χ1) is 12.0. The highest BCUT2D eigenvalue weighted by Crippen LogP contribution is 2.38. The normalized spacial score (nSPS) is 12.1. The second-order valence-electron chi connectivity index (χ2n) is 5.68. The lowest BCUT2D eigenvalue weighted by atomic mass is 10.1. The maximum absolute atomic E-state index is 12.3. The number of hydrogen-bond donors (Lipinski definition) is 1. The van der Waals surface area contributed by atoms with Gasteiger partial charge in [0.15, 0.2) is 0 Å². The number of aromatic nitrogens is 2. The van der Waals surface area contributed by atoms with Crippen LogP contribution in [0, 0.1) is 0 Å². The average molecular weight is 342 g/mol. The van der Waals surface area contributed by atoms with Crippen molar-refractivity contribution in [1.29, 1.82) is 0 Å². The van der Waals surface area contributed by atoms with Crippen LogP contribution in [0.2, 0.25) is 0 Å². The molecule has 126 valence electrons. The van der Waals surface area contributed by atoms with Crippen molar-refractivity contribution in [2.45, 2.75) is 13.0 Å². The lowest BCUT2D eigenvalue weighted by Crippen LogP contribution is -2.02. The number of ether oxygens (including phenoxy) is 1. The molecule has 3 aromatic rings. The van der Waals surface area contributed by atoms with Crippen molar-refractivity contribution in [3.8, 4) is 22.7 Å². The minimum absolute atomic E-state index is 0.126. The highest BCUT2D eigenvalue weighted by Gasteiger charge is 2.23. The van der Waals surface area contributed by atoms with Crippen LogP contribution in [0.4, 0.5) is 8.78 Å². The van der Waals surface area contributed by atoms with E-state index in [1.54, 1.807) is 35.0 Å². The molecule has 0 amide bonds. The van der Waals surface area contributed by atoms with E-state index in [4.69, 9.17) is 5.11 Å². The van der Waals surface area contributed by atoms with Gasteiger partial charge in [0.25, 0.3) is 0 Å². The number of halogens is 2. The quantitative estimate of drug-likeness (QED) is 0.614. The second kappa shape index (κ2) is 5.70. The van der Waals surface area contributed by atoms with Gasteiger partial charge in [-0.3, -0.25) is 0 Å². The molecule has 0 atom stereocenters. The summed E-state index contributed by atoms with van der Waals surface area (Å²) in [5.41, 5.74) is 4.28. The summed E-state index contributed by atoms with van der Waals surface area (Å²) in [4.78, 5) is 11.1. The Kier molecular flexibility index (Phi) is 3.49. The van der Waals surface area contributed by atoms with E-state index in [0.717, 1.165) is 22.4 Å². The maximum atomic E-state index is 12.3. The molecule has 25 heavy (non-hydrogen) atoms. The van der Waals surface area contributed by atoms with Crippen LogP contribution >= 0.6 is 0 Å². The van der Waals surface area contributed by atoms with Gasteiger partial charge in [-0.25, -0.2) is 9.48 Å². The molecule has 1 N–H and O–H groups in total. The lowest BCUT2D eigenvalue weighted by Gasteiger charge is -2.07. The van der Waals surface area contributed by atoms with Gasteiger partial charge in [-0.05, 0) is 42.0 Å². The van der Waals surface area contributed by atoms with Gasteiger partial charge in [-0.1, -0.05) is 6.07 Å². The fraction of sp³-hybridized carbons (Fsp3) is 0.111. The third kappa shape index (κ3) is 2.73. The highest BCUT2D eigenvalue weighted by molar-refractivity contribution is 5.88. The standard InChI is InChI=1S/C18H12F2N2O3/c19-18(20)25-14-4-5-15-11(8-14)6-12-9-22(21-16(12)15)13-3-1-2-10(7-13)17(23)24/h1-5,7-9,18H,6H2,(H,23,24). The molecule has 0 fully saturated rings. The lowest BCUT2D eigenvalue weighted by molar-refractivity contribution is -0.0498. The number of benzene rings is 2. The molecule has 0 saturated heterocycles. The summed E-state index contributed by atoms with van der Waals surface area (Å²) < 4.78 is 30.7. The Morgan fingerprint density at radius 1 is 1.20 bits per heavy atom. The number of carboxylic acids is 1. The Morgan fingerprint density at radius 3 is 2.80 bits per heavy atom. The largest absolute Gasteiger partial charge is 0.478 e. The molecule has 2 aromatic carbocycles. The van der Waals surface area contributed by atoms with Gasteiger partial charge in [0.1, 0.15) is 5.75 Å². The van der Waals surface area contributed by atoms with Crippen molar-refractivity contribution in [3.05, 3.63) is 65.4 Å². The number of hydrogen-bond acceptors (Lipinski definition) is 3. The van der Waals surface area contributed by atoms with Crippen LogP contribution in [0.25, 0.3) is 16.9 Å². The van der Waals surface area contributed by atoms with Crippen molar-refractivity contribution in [2.75, 3.05) is 0 Å². The molecule has 0 saturated carbocycles. The Hall–Kier alpha value is -3.22. The Balaban J connectivity index is 1.69. The Labute approximate surface area is 141 Å². The van der Waals surface area contributed by atoms with Gasteiger partial charge in [-0.2, -0.15) is 13.9 Å². The molecule has 0 spiro atoms. The molecule has 1 aliphatic rings. The van der Waals surface area contributed by atoms with Gasteiger partial charge in [-0.15, -0.1) is 0 Å². The molecule has 0 bridgehead atoms. The molecule has 1 aromatic heterocycles. The fourth-order valence-corrected chi connectivity index (χ4v) is 3.01. The number of alkyl halides is 2. The molecule has 0 unspecified atom stereocenters. The van der Waals surface area contributed by atoms with E-state index in [1.165, 1.54) is 12.1 Å². The summed E-state index contributed by atoms with van der Waals surface area (Å²) in [5, 5.41) is 13.6. The third-order valence-corrected chi connectivity index (χ3v) is 4.09. The first-order valence-electron chi connectivity index (χ1n) is 7.51. The molecule has 1 aliphatic carbocycles. The number of carbonyl (C=O) groups is 1. The van der Waals surface area contributed by atoms with Crippen molar-refractivity contribution in [1.82, 2.24) is 9.78 Å². The van der Waals surface area contributed by atoms with Crippen molar-refractivity contribution in [2.24, 2.45) is 0 Å². The van der Waals surface area contributed by atoms with Crippen LogP contribution in [-0.2, 0) is 6.42 Å². The zero-order valence-electron chi connectivity index (χ0n) is 12.8. The minimum atomic E-state index is -2.85. The van der Waals surface area contributed by atoms with E-state index in [-0.39, 0.29) is 11.3 Å². The van der Waals surface area contributed by atoms with Crippen molar-refractivity contribution >= 4 is 5.97 Å². The smallest absolute Gasteiger partial charge is 0.387 e. The number of aromatic carboxylic acids is 1. The van der Waals surface area contributed by atoms with Gasteiger partial charge in [0, 0.05) is 23.7 Å². The van der Waals surface area contributed by atoms with Crippen LogP contribution in [0.1, 0.15) is 21.5 Å². The van der Waals surface area contributed by atoms with E-state index in [0.29, 0.717) is 12.1 Å². The summed E-state index contributed by atoms with van der Waals surface area (Å²) in [6, 6.07) is 11.3. The summed E-state index contributed by atoms with van der Waals surface area (Å²) in [5.74, 6) is -0.876. The minimum Gasteiger partial charge on any atom is -0.478 e. The molecular weight excluding hydrogens is 330 g/mol. The number of carboxylic acid groups (broad SMARTS) is 1. The predicted molar refractivity (Wildman–Crippen MR) is 85.4 cm³/mol. The fourth-order valence-electron chi connectivity index (χ4n) is 3.01. The predicted octanol–water partition coefficient (Wildman–Crippen LogP) is 3.74. The SMILES string of the molecule is O=C(O)c1cccc(-n2cc3c(n2)-c2ccc(OC(F)F)cc2C3)c1. The van der Waals surface area contributed by atoms with E-state index < -0.39 is 12.6 Å². The maximum Gasteiger partial charge on any atom is 0.387 e. The van der Waals surface area contributed by atoms with Crippen LogP contribution in [0.5, 0.6) is 5.75 Å². The van der Waals surface area contributed by atoms with E-state index in [9.17, 15) is 13.6 Å². The molecule has 7 heteroatoms. The monoisotopic (exact) mass is 342 g/mol. The summed E-state index contributed by atoms with van der Waals surface area (Å²) in [7, 11) is 0. The topological polar surface area (TPSA) is 64.3 Å². The molecular formula is C18H12F2N2O3. The molecule has 0 aliphatic heterocycles. The van der Waals surface area contributed by atoms with E-state index >= 15 is 0 Å². The zero-order valence-corrected chi connectivity index (χ0v) is 12.8.